The molecule has 5 heteroatoms. The first-order chi connectivity index (χ1) is 11.9. The number of hydrogen-bond donors (Lipinski definition) is 0. The Morgan fingerprint density at radius 2 is 1.29 bits per heavy atom. The van der Waals surface area contributed by atoms with Gasteiger partial charge in [-0.05, 0) is 42.2 Å². The van der Waals surface area contributed by atoms with Crippen molar-refractivity contribution in [3.05, 3.63) is 66.2 Å². The SMILES string of the molecule is c1cnc2c(c1)CCN2c1cncc(N2CCc3cccnc32)c1. The maximum Gasteiger partial charge on any atom is 0.136 e. The van der Waals surface area contributed by atoms with Gasteiger partial charge in [0, 0.05) is 25.5 Å². The molecular formula is C19H17N5. The minimum Gasteiger partial charge on any atom is -0.324 e. The maximum absolute atomic E-state index is 4.55. The van der Waals surface area contributed by atoms with Gasteiger partial charge in [-0.3, -0.25) is 4.98 Å². The summed E-state index contributed by atoms with van der Waals surface area (Å²) in [5.41, 5.74) is 4.79. The van der Waals surface area contributed by atoms with Gasteiger partial charge in [-0.15, -0.1) is 0 Å². The van der Waals surface area contributed by atoms with Gasteiger partial charge in [-0.2, -0.15) is 0 Å². The van der Waals surface area contributed by atoms with Crippen molar-refractivity contribution in [3.8, 4) is 0 Å². The van der Waals surface area contributed by atoms with Crippen LogP contribution in [0.15, 0.2) is 55.1 Å². The van der Waals surface area contributed by atoms with E-state index in [2.05, 4.69) is 43.0 Å². The summed E-state index contributed by atoms with van der Waals surface area (Å²) in [6, 6.07) is 10.5. The molecule has 5 heterocycles. The fourth-order valence-electron chi connectivity index (χ4n) is 3.63. The molecule has 3 aromatic heterocycles. The Kier molecular flexibility index (Phi) is 2.98. The molecule has 0 bridgehead atoms. The van der Waals surface area contributed by atoms with E-state index in [0.29, 0.717) is 0 Å². The summed E-state index contributed by atoms with van der Waals surface area (Å²) >= 11 is 0. The number of hydrogen-bond acceptors (Lipinski definition) is 5. The van der Waals surface area contributed by atoms with Crippen LogP contribution in [0.1, 0.15) is 11.1 Å². The van der Waals surface area contributed by atoms with Gasteiger partial charge in [0.2, 0.25) is 0 Å². The molecule has 0 fully saturated rings. The molecule has 5 nitrogen and oxygen atoms in total. The van der Waals surface area contributed by atoms with Gasteiger partial charge in [0.25, 0.3) is 0 Å². The number of rotatable bonds is 2. The lowest BCUT2D eigenvalue weighted by Gasteiger charge is -2.22. The molecule has 0 N–H and O–H groups in total. The van der Waals surface area contributed by atoms with Crippen molar-refractivity contribution >= 4 is 23.0 Å². The first-order valence-electron chi connectivity index (χ1n) is 8.28. The molecule has 0 amide bonds. The van der Waals surface area contributed by atoms with Crippen molar-refractivity contribution < 1.29 is 0 Å². The minimum absolute atomic E-state index is 0.951. The van der Waals surface area contributed by atoms with Crippen molar-refractivity contribution in [1.82, 2.24) is 15.0 Å². The quantitative estimate of drug-likeness (QED) is 0.726. The molecule has 0 saturated heterocycles. The second-order valence-electron chi connectivity index (χ2n) is 6.18. The topological polar surface area (TPSA) is 45.2 Å². The van der Waals surface area contributed by atoms with E-state index in [0.717, 1.165) is 48.9 Å². The van der Waals surface area contributed by atoms with Gasteiger partial charge in [0.1, 0.15) is 11.6 Å². The van der Waals surface area contributed by atoms with Gasteiger partial charge >= 0.3 is 0 Å². The van der Waals surface area contributed by atoms with Gasteiger partial charge in [-0.1, -0.05) is 12.1 Å². The Labute approximate surface area is 140 Å². The third-order valence-electron chi connectivity index (χ3n) is 4.79. The molecular weight excluding hydrogens is 298 g/mol. The molecule has 2 aliphatic heterocycles. The number of anilines is 4. The van der Waals surface area contributed by atoms with Crippen LogP contribution in [0.4, 0.5) is 23.0 Å². The zero-order chi connectivity index (χ0) is 15.9. The van der Waals surface area contributed by atoms with Crippen LogP contribution in [0.5, 0.6) is 0 Å². The molecule has 0 aliphatic carbocycles. The molecule has 0 spiro atoms. The van der Waals surface area contributed by atoms with Gasteiger partial charge in [0.05, 0.1) is 23.8 Å². The fraction of sp³-hybridized carbons (Fsp3) is 0.211. The average Bonchev–Trinajstić information content (AvgIpc) is 3.26. The summed E-state index contributed by atoms with van der Waals surface area (Å²) in [4.78, 5) is 18.1. The number of pyridine rings is 3. The molecule has 2 aliphatic rings. The first kappa shape index (κ1) is 13.5. The van der Waals surface area contributed by atoms with E-state index in [1.807, 2.05) is 36.9 Å². The number of nitrogens with zero attached hydrogens (tertiary/aromatic N) is 5. The Balaban J connectivity index is 1.52. The van der Waals surface area contributed by atoms with Crippen LogP contribution in [-0.2, 0) is 12.8 Å². The molecule has 0 atom stereocenters. The Bertz CT molecular complexity index is 837. The van der Waals surface area contributed by atoms with E-state index in [9.17, 15) is 0 Å². The molecule has 0 saturated carbocycles. The van der Waals surface area contributed by atoms with Crippen LogP contribution >= 0.6 is 0 Å². The van der Waals surface area contributed by atoms with E-state index in [1.165, 1.54) is 11.1 Å². The molecule has 0 aromatic carbocycles. The van der Waals surface area contributed by atoms with Crippen LogP contribution in [0.3, 0.4) is 0 Å². The van der Waals surface area contributed by atoms with Crippen molar-refractivity contribution in [2.75, 3.05) is 22.9 Å². The Morgan fingerprint density at radius 1 is 0.750 bits per heavy atom. The molecule has 5 rings (SSSR count). The third kappa shape index (κ3) is 2.05. The van der Waals surface area contributed by atoms with Crippen LogP contribution in [0.2, 0.25) is 0 Å². The van der Waals surface area contributed by atoms with Crippen molar-refractivity contribution in [2.45, 2.75) is 12.8 Å². The lowest BCUT2D eigenvalue weighted by molar-refractivity contribution is 0.966. The highest BCUT2D eigenvalue weighted by Crippen LogP contribution is 2.36. The number of aromatic nitrogens is 3. The van der Waals surface area contributed by atoms with Crippen LogP contribution in [0.25, 0.3) is 0 Å². The largest absolute Gasteiger partial charge is 0.324 e. The lowest BCUT2D eigenvalue weighted by Crippen LogP contribution is -2.17. The van der Waals surface area contributed by atoms with E-state index < -0.39 is 0 Å². The fourth-order valence-corrected chi connectivity index (χ4v) is 3.63. The summed E-state index contributed by atoms with van der Waals surface area (Å²) in [5.74, 6) is 2.10. The standard InChI is InChI=1S/C19H17N5/c1-3-14-5-9-23(18(14)21-7-1)16-11-17(13-20-12-16)24-10-6-15-4-2-8-22-19(15)24/h1-4,7-8,11-13H,5-6,9-10H2. The van der Waals surface area contributed by atoms with Crippen molar-refractivity contribution in [3.63, 3.8) is 0 Å². The highest BCUT2D eigenvalue weighted by molar-refractivity contribution is 5.72. The summed E-state index contributed by atoms with van der Waals surface area (Å²) < 4.78 is 0. The summed E-state index contributed by atoms with van der Waals surface area (Å²) in [6.07, 6.45) is 9.61. The predicted octanol–water partition coefficient (Wildman–Crippen LogP) is 3.26. The highest BCUT2D eigenvalue weighted by atomic mass is 15.2. The average molecular weight is 315 g/mol. The zero-order valence-corrected chi connectivity index (χ0v) is 13.3. The first-order valence-corrected chi connectivity index (χ1v) is 8.28. The molecule has 0 radical (unpaired) electrons. The van der Waals surface area contributed by atoms with E-state index >= 15 is 0 Å². The van der Waals surface area contributed by atoms with Gasteiger partial charge in [0.15, 0.2) is 0 Å². The summed E-state index contributed by atoms with van der Waals surface area (Å²) in [5, 5.41) is 0. The van der Waals surface area contributed by atoms with Crippen molar-refractivity contribution in [1.29, 1.82) is 0 Å². The van der Waals surface area contributed by atoms with Crippen molar-refractivity contribution in [2.24, 2.45) is 0 Å². The van der Waals surface area contributed by atoms with Gasteiger partial charge in [-0.25, -0.2) is 9.97 Å². The minimum atomic E-state index is 0.951. The Hall–Kier alpha value is -2.95. The summed E-state index contributed by atoms with van der Waals surface area (Å²) in [6.45, 7) is 1.90. The van der Waals surface area contributed by atoms with Gasteiger partial charge < -0.3 is 9.80 Å². The maximum atomic E-state index is 4.55. The van der Waals surface area contributed by atoms with Crippen LogP contribution in [-0.4, -0.2) is 28.0 Å². The summed E-state index contributed by atoms with van der Waals surface area (Å²) in [7, 11) is 0. The van der Waals surface area contributed by atoms with E-state index in [4.69, 9.17) is 0 Å². The normalized spacial score (nSPS) is 15.5. The zero-order valence-electron chi connectivity index (χ0n) is 13.3. The smallest absolute Gasteiger partial charge is 0.136 e. The van der Waals surface area contributed by atoms with E-state index in [1.54, 1.807) is 0 Å². The Morgan fingerprint density at radius 3 is 1.83 bits per heavy atom. The molecule has 0 unspecified atom stereocenters. The second-order valence-corrected chi connectivity index (χ2v) is 6.18. The number of fused-ring (bicyclic) bond motifs is 2. The third-order valence-corrected chi connectivity index (χ3v) is 4.79. The lowest BCUT2D eigenvalue weighted by atomic mass is 10.2. The molecule has 3 aromatic rings. The highest BCUT2D eigenvalue weighted by Gasteiger charge is 2.25. The van der Waals surface area contributed by atoms with E-state index in [-0.39, 0.29) is 0 Å². The van der Waals surface area contributed by atoms with Crippen LogP contribution in [0, 0.1) is 0 Å². The molecule has 118 valence electrons. The monoisotopic (exact) mass is 315 g/mol. The predicted molar refractivity (Wildman–Crippen MR) is 94.1 cm³/mol. The molecule has 24 heavy (non-hydrogen) atoms. The second kappa shape index (κ2) is 5.30. The van der Waals surface area contributed by atoms with Crippen LogP contribution < -0.4 is 9.80 Å².